The van der Waals surface area contributed by atoms with Gasteiger partial charge in [0.05, 0.1) is 0 Å². The summed E-state index contributed by atoms with van der Waals surface area (Å²) in [6, 6.07) is -0.486. The van der Waals surface area contributed by atoms with Crippen LogP contribution >= 0.6 is 34.9 Å². The maximum atomic E-state index is 11.8. The molecule has 2 aliphatic heterocycles. The first-order chi connectivity index (χ1) is 9.93. The van der Waals surface area contributed by atoms with E-state index in [4.69, 9.17) is 5.73 Å². The molecule has 0 bridgehead atoms. The smallest absolute Gasteiger partial charge is 0.313 e. The Labute approximate surface area is 133 Å². The van der Waals surface area contributed by atoms with Crippen LogP contribution in [0.5, 0.6) is 0 Å². The second-order valence-corrected chi connectivity index (χ2v) is 8.66. The summed E-state index contributed by atoms with van der Waals surface area (Å²) in [5.74, 6) is -0.213. The van der Waals surface area contributed by atoms with E-state index in [-0.39, 0.29) is 17.8 Å². The highest BCUT2D eigenvalue weighted by Crippen LogP contribution is 2.44. The number of amides is 1. The van der Waals surface area contributed by atoms with Crippen molar-refractivity contribution in [2.75, 3.05) is 18.1 Å². The van der Waals surface area contributed by atoms with Gasteiger partial charge in [-0.2, -0.15) is 0 Å². The summed E-state index contributed by atoms with van der Waals surface area (Å²) in [5, 5.41) is 18.3. The van der Waals surface area contributed by atoms with Gasteiger partial charge in [0.25, 0.3) is 0 Å². The second kappa shape index (κ2) is 5.41. The Hall–Kier alpha value is -0.840. The molecule has 2 saturated heterocycles. The Morgan fingerprint density at radius 1 is 1.62 bits per heavy atom. The van der Waals surface area contributed by atoms with Crippen LogP contribution < -0.4 is 5.73 Å². The van der Waals surface area contributed by atoms with Crippen molar-refractivity contribution in [1.82, 2.24) is 15.1 Å². The third-order valence-electron chi connectivity index (χ3n) is 3.62. The normalized spacial score (nSPS) is 31.7. The van der Waals surface area contributed by atoms with Gasteiger partial charge in [-0.15, -0.1) is 22.0 Å². The van der Waals surface area contributed by atoms with Gasteiger partial charge in [0, 0.05) is 18.1 Å². The molecule has 2 fully saturated rings. The molecule has 21 heavy (non-hydrogen) atoms. The first kappa shape index (κ1) is 15.1. The molecule has 0 saturated carbocycles. The number of carbonyl (C=O) groups is 2. The van der Waals surface area contributed by atoms with E-state index in [0.29, 0.717) is 11.5 Å². The molecule has 0 spiro atoms. The van der Waals surface area contributed by atoms with Crippen molar-refractivity contribution in [2.45, 2.75) is 22.7 Å². The van der Waals surface area contributed by atoms with Crippen LogP contribution in [-0.2, 0) is 9.59 Å². The second-order valence-electron chi connectivity index (χ2n) is 5.15. The number of carboxylic acids is 1. The fraction of sp³-hybridized carbons (Fsp3) is 0.636. The number of nitrogens with zero attached hydrogens (tertiary/aromatic N) is 3. The molecule has 7 nitrogen and oxygen atoms in total. The summed E-state index contributed by atoms with van der Waals surface area (Å²) in [5.41, 5.74) is 4.77. The van der Waals surface area contributed by atoms with Crippen molar-refractivity contribution in [3.8, 4) is 0 Å². The number of fused-ring (bicyclic) bond motifs is 1. The van der Waals surface area contributed by atoms with Crippen LogP contribution in [0.3, 0.4) is 0 Å². The molecule has 2 aliphatic rings. The quantitative estimate of drug-likeness (QED) is 0.590. The summed E-state index contributed by atoms with van der Waals surface area (Å²) in [6.45, 7) is 2.08. The van der Waals surface area contributed by atoms with Crippen molar-refractivity contribution < 1.29 is 14.7 Å². The highest BCUT2D eigenvalue weighted by Gasteiger charge is 2.55. The Morgan fingerprint density at radius 3 is 3.00 bits per heavy atom. The predicted molar refractivity (Wildman–Crippen MR) is 81.4 cm³/mol. The molecular formula is C11H14N4O3S3. The number of nitrogens with two attached hydrogens (primary N) is 1. The van der Waals surface area contributed by atoms with E-state index in [1.54, 1.807) is 4.90 Å². The molecule has 10 heteroatoms. The van der Waals surface area contributed by atoms with E-state index >= 15 is 0 Å². The van der Waals surface area contributed by atoms with Crippen molar-refractivity contribution in [3.05, 3.63) is 5.01 Å². The topological polar surface area (TPSA) is 109 Å². The van der Waals surface area contributed by atoms with Crippen molar-refractivity contribution in [2.24, 2.45) is 11.1 Å². The van der Waals surface area contributed by atoms with Gasteiger partial charge < -0.3 is 15.7 Å². The number of hydrogen-bond acceptors (Lipinski definition) is 8. The largest absolute Gasteiger partial charge is 0.481 e. The van der Waals surface area contributed by atoms with Gasteiger partial charge in [0.1, 0.15) is 21.8 Å². The molecule has 0 aliphatic carbocycles. The Morgan fingerprint density at radius 2 is 2.38 bits per heavy atom. The fourth-order valence-electron chi connectivity index (χ4n) is 2.34. The zero-order valence-electron chi connectivity index (χ0n) is 11.2. The molecule has 3 atom stereocenters. The van der Waals surface area contributed by atoms with Gasteiger partial charge in [-0.1, -0.05) is 23.1 Å². The van der Waals surface area contributed by atoms with Crippen LogP contribution in [0.4, 0.5) is 0 Å². The van der Waals surface area contributed by atoms with Gasteiger partial charge in [-0.05, 0) is 6.92 Å². The Balaban J connectivity index is 1.72. The van der Waals surface area contributed by atoms with Gasteiger partial charge >= 0.3 is 5.97 Å². The van der Waals surface area contributed by atoms with Crippen molar-refractivity contribution in [1.29, 1.82) is 0 Å². The standard InChI is InChI=1S/C11H14N4O3S3/c1-5-13-14-10(21-5)20-4-11(9(17)18)2-15-7(16)6(12)8(15)19-3-11/h6,8H,2-4,12H2,1H3,(H,17,18)/t6?,8-,11?/m1/s1. The summed E-state index contributed by atoms with van der Waals surface area (Å²) in [6.07, 6.45) is 0. The van der Waals surface area contributed by atoms with E-state index < -0.39 is 17.4 Å². The number of carboxylic acid groups (broad SMARTS) is 1. The van der Waals surface area contributed by atoms with Crippen LogP contribution in [0, 0.1) is 12.3 Å². The lowest BCUT2D eigenvalue weighted by Gasteiger charge is -2.52. The summed E-state index contributed by atoms with van der Waals surface area (Å²) in [7, 11) is 0. The molecule has 1 aromatic heterocycles. The maximum Gasteiger partial charge on any atom is 0.313 e. The number of carbonyl (C=O) groups excluding carboxylic acids is 1. The van der Waals surface area contributed by atoms with Crippen LogP contribution in [0.2, 0.25) is 0 Å². The molecule has 2 unspecified atom stereocenters. The van der Waals surface area contributed by atoms with E-state index in [1.807, 2.05) is 6.92 Å². The fourth-order valence-corrected chi connectivity index (χ4v) is 5.97. The number of aryl methyl sites for hydroxylation is 1. The lowest BCUT2D eigenvalue weighted by molar-refractivity contribution is -0.155. The lowest BCUT2D eigenvalue weighted by Crippen LogP contribution is -2.72. The zero-order valence-corrected chi connectivity index (χ0v) is 13.6. The van der Waals surface area contributed by atoms with E-state index in [1.165, 1.54) is 34.9 Å². The van der Waals surface area contributed by atoms with Gasteiger partial charge in [-0.25, -0.2) is 0 Å². The summed E-state index contributed by atoms with van der Waals surface area (Å²) in [4.78, 5) is 25.1. The zero-order chi connectivity index (χ0) is 15.2. The summed E-state index contributed by atoms with van der Waals surface area (Å²) < 4.78 is 0.756. The first-order valence-electron chi connectivity index (χ1n) is 6.27. The number of aliphatic carboxylic acids is 1. The summed E-state index contributed by atoms with van der Waals surface area (Å²) >= 11 is 4.28. The van der Waals surface area contributed by atoms with E-state index in [2.05, 4.69) is 10.2 Å². The third kappa shape index (κ3) is 2.54. The number of hydrogen-bond donors (Lipinski definition) is 2. The third-order valence-corrected chi connectivity index (χ3v) is 7.49. The molecular weight excluding hydrogens is 332 g/mol. The average molecular weight is 346 g/mol. The Bertz CT molecular complexity index is 595. The monoisotopic (exact) mass is 346 g/mol. The average Bonchev–Trinajstić information content (AvgIpc) is 2.89. The number of aromatic nitrogens is 2. The van der Waals surface area contributed by atoms with Crippen LogP contribution in [0.1, 0.15) is 5.01 Å². The minimum Gasteiger partial charge on any atom is -0.481 e. The van der Waals surface area contributed by atoms with Crippen LogP contribution in [-0.4, -0.2) is 61.5 Å². The minimum absolute atomic E-state index is 0.0706. The van der Waals surface area contributed by atoms with Crippen LogP contribution in [0.25, 0.3) is 0 Å². The van der Waals surface area contributed by atoms with Crippen molar-refractivity contribution in [3.63, 3.8) is 0 Å². The van der Waals surface area contributed by atoms with E-state index in [0.717, 1.165) is 9.35 Å². The molecule has 1 aromatic rings. The molecule has 3 rings (SSSR count). The molecule has 3 N–H and O–H groups in total. The Kier molecular flexibility index (Phi) is 3.89. The van der Waals surface area contributed by atoms with Gasteiger partial charge in [0.15, 0.2) is 4.34 Å². The predicted octanol–water partition coefficient (Wildman–Crippen LogP) is 0.252. The molecule has 1 amide bonds. The number of β-lactam (4-membered cyclic amide) rings is 1. The van der Waals surface area contributed by atoms with Crippen molar-refractivity contribution >= 4 is 46.7 Å². The lowest BCUT2D eigenvalue weighted by atomic mass is 9.89. The molecule has 0 aromatic carbocycles. The van der Waals surface area contributed by atoms with Crippen LogP contribution in [0.15, 0.2) is 4.34 Å². The molecule has 114 valence electrons. The highest BCUT2D eigenvalue weighted by atomic mass is 32.2. The van der Waals surface area contributed by atoms with E-state index in [9.17, 15) is 14.7 Å². The SMILES string of the molecule is Cc1nnc(SCC2(C(=O)O)CS[C@@H]3C(N)C(=O)N3C2)s1. The molecule has 0 radical (unpaired) electrons. The molecule has 3 heterocycles. The van der Waals surface area contributed by atoms with Gasteiger partial charge in [0.2, 0.25) is 5.91 Å². The maximum absolute atomic E-state index is 11.8. The number of thioether (sulfide) groups is 2. The first-order valence-corrected chi connectivity index (χ1v) is 9.12. The highest BCUT2D eigenvalue weighted by molar-refractivity contribution is 8.01. The minimum atomic E-state index is -0.957. The number of rotatable bonds is 4. The van der Waals surface area contributed by atoms with Gasteiger partial charge in [-0.3, -0.25) is 9.59 Å².